The van der Waals surface area contributed by atoms with Gasteiger partial charge in [-0.2, -0.15) is 0 Å². The second-order valence-electron chi connectivity index (χ2n) is 4.75. The van der Waals surface area contributed by atoms with Crippen molar-refractivity contribution in [1.82, 2.24) is 5.32 Å². The van der Waals surface area contributed by atoms with Crippen LogP contribution in [0.3, 0.4) is 0 Å². The second kappa shape index (κ2) is 6.83. The first-order chi connectivity index (χ1) is 7.18. The molecule has 1 fully saturated rings. The Kier molecular flexibility index (Phi) is 5.69. The fourth-order valence-corrected chi connectivity index (χ4v) is 2.34. The Bertz CT molecular complexity index is 188. The minimum absolute atomic E-state index is 0.103. The summed E-state index contributed by atoms with van der Waals surface area (Å²) in [5.41, 5.74) is 0. The van der Waals surface area contributed by atoms with Gasteiger partial charge in [-0.1, -0.05) is 32.1 Å². The quantitative estimate of drug-likeness (QED) is 0.712. The molecule has 15 heavy (non-hydrogen) atoms. The lowest BCUT2D eigenvalue weighted by atomic mass is 9.87. The zero-order chi connectivity index (χ0) is 11.1. The Morgan fingerprint density at radius 1 is 1.40 bits per heavy atom. The molecule has 2 N–H and O–H groups in total. The molecule has 1 aliphatic carbocycles. The van der Waals surface area contributed by atoms with Crippen molar-refractivity contribution in [2.75, 3.05) is 6.54 Å². The van der Waals surface area contributed by atoms with Gasteiger partial charge in [0.15, 0.2) is 0 Å². The van der Waals surface area contributed by atoms with Crippen LogP contribution in [0.25, 0.3) is 0 Å². The number of nitrogens with one attached hydrogen (secondary N) is 1. The van der Waals surface area contributed by atoms with E-state index in [0.29, 0.717) is 0 Å². The maximum Gasteiger partial charge on any atom is 0.304 e. The number of carboxylic acid groups (broad SMARTS) is 1. The van der Waals surface area contributed by atoms with Crippen LogP contribution in [0.2, 0.25) is 0 Å². The van der Waals surface area contributed by atoms with E-state index < -0.39 is 5.97 Å². The summed E-state index contributed by atoms with van der Waals surface area (Å²) in [5, 5.41) is 11.9. The number of hydrogen-bond donors (Lipinski definition) is 2. The number of carbonyl (C=O) groups is 1. The summed E-state index contributed by atoms with van der Waals surface area (Å²) in [5.74, 6) is 0.163. The van der Waals surface area contributed by atoms with E-state index in [1.807, 2.05) is 6.92 Å². The molecular weight excluding hydrogens is 190 g/mol. The summed E-state index contributed by atoms with van der Waals surface area (Å²) in [4.78, 5) is 10.4. The highest BCUT2D eigenvalue weighted by Crippen LogP contribution is 2.25. The van der Waals surface area contributed by atoms with Gasteiger partial charge < -0.3 is 10.4 Å². The lowest BCUT2D eigenvalue weighted by Gasteiger charge is -2.22. The average Bonchev–Trinajstić information content (AvgIpc) is 2.18. The fourth-order valence-electron chi connectivity index (χ4n) is 2.34. The van der Waals surface area contributed by atoms with Crippen molar-refractivity contribution in [3.05, 3.63) is 0 Å². The van der Waals surface area contributed by atoms with Crippen LogP contribution in [-0.4, -0.2) is 23.7 Å². The number of hydrogen-bond acceptors (Lipinski definition) is 2. The molecule has 3 nitrogen and oxygen atoms in total. The van der Waals surface area contributed by atoms with Crippen LogP contribution in [0.1, 0.15) is 51.9 Å². The molecule has 1 atom stereocenters. The van der Waals surface area contributed by atoms with Crippen LogP contribution < -0.4 is 5.32 Å². The largest absolute Gasteiger partial charge is 0.481 e. The number of carboxylic acids is 1. The number of rotatable bonds is 6. The van der Waals surface area contributed by atoms with E-state index in [1.165, 1.54) is 38.5 Å². The second-order valence-corrected chi connectivity index (χ2v) is 4.75. The highest BCUT2D eigenvalue weighted by Gasteiger charge is 2.13. The topological polar surface area (TPSA) is 49.3 Å². The predicted octanol–water partition coefficient (Wildman–Crippen LogP) is 2.41. The molecule has 0 bridgehead atoms. The van der Waals surface area contributed by atoms with Crippen LogP contribution >= 0.6 is 0 Å². The van der Waals surface area contributed by atoms with Crippen LogP contribution in [0, 0.1) is 5.92 Å². The van der Waals surface area contributed by atoms with Crippen molar-refractivity contribution in [1.29, 1.82) is 0 Å². The summed E-state index contributed by atoms with van der Waals surface area (Å²) < 4.78 is 0. The molecule has 0 aromatic heterocycles. The summed E-state index contributed by atoms with van der Waals surface area (Å²) in [6, 6.07) is 0.103. The highest BCUT2D eigenvalue weighted by molar-refractivity contribution is 5.67. The smallest absolute Gasteiger partial charge is 0.304 e. The Morgan fingerprint density at radius 3 is 2.67 bits per heavy atom. The molecule has 0 spiro atoms. The molecule has 0 heterocycles. The van der Waals surface area contributed by atoms with Gasteiger partial charge in [0.2, 0.25) is 0 Å². The van der Waals surface area contributed by atoms with Gasteiger partial charge in [-0.25, -0.2) is 0 Å². The molecule has 1 saturated carbocycles. The van der Waals surface area contributed by atoms with Crippen LogP contribution in [0.4, 0.5) is 0 Å². The van der Waals surface area contributed by atoms with Crippen LogP contribution in [-0.2, 0) is 4.79 Å². The summed E-state index contributed by atoms with van der Waals surface area (Å²) >= 11 is 0. The molecule has 0 saturated heterocycles. The van der Waals surface area contributed by atoms with Crippen molar-refractivity contribution in [2.45, 2.75) is 57.9 Å². The Hall–Kier alpha value is -0.570. The summed E-state index contributed by atoms with van der Waals surface area (Å²) in [6.45, 7) is 2.91. The van der Waals surface area contributed by atoms with Crippen molar-refractivity contribution in [2.24, 2.45) is 5.92 Å². The Balaban J connectivity index is 2.02. The first-order valence-electron chi connectivity index (χ1n) is 6.13. The minimum atomic E-state index is -0.715. The van der Waals surface area contributed by atoms with Crippen molar-refractivity contribution < 1.29 is 9.90 Å². The maximum absolute atomic E-state index is 10.4. The molecule has 1 aliphatic rings. The standard InChI is InChI=1S/C12H23NO2/c1-10(9-12(14)15)13-8-7-11-5-3-2-4-6-11/h10-11,13H,2-9H2,1H3,(H,14,15). The zero-order valence-corrected chi connectivity index (χ0v) is 9.67. The van der Waals surface area contributed by atoms with E-state index in [4.69, 9.17) is 5.11 Å². The Morgan fingerprint density at radius 2 is 2.07 bits per heavy atom. The normalized spacial score (nSPS) is 20.1. The zero-order valence-electron chi connectivity index (χ0n) is 9.67. The van der Waals surface area contributed by atoms with E-state index in [9.17, 15) is 4.79 Å². The third-order valence-electron chi connectivity index (χ3n) is 3.25. The van der Waals surface area contributed by atoms with E-state index in [0.717, 1.165) is 12.5 Å². The molecule has 0 aromatic rings. The summed E-state index contributed by atoms with van der Waals surface area (Å²) in [7, 11) is 0. The van der Waals surface area contributed by atoms with Crippen molar-refractivity contribution in [3.63, 3.8) is 0 Å². The van der Waals surface area contributed by atoms with E-state index in [1.54, 1.807) is 0 Å². The molecule has 0 radical (unpaired) electrons. The highest BCUT2D eigenvalue weighted by atomic mass is 16.4. The van der Waals surface area contributed by atoms with Crippen molar-refractivity contribution >= 4 is 5.97 Å². The average molecular weight is 213 g/mol. The van der Waals surface area contributed by atoms with Gasteiger partial charge in [-0.15, -0.1) is 0 Å². The fraction of sp³-hybridized carbons (Fsp3) is 0.917. The molecule has 1 rings (SSSR count). The van der Waals surface area contributed by atoms with Crippen LogP contribution in [0.5, 0.6) is 0 Å². The van der Waals surface area contributed by atoms with Gasteiger partial charge in [-0.3, -0.25) is 4.79 Å². The van der Waals surface area contributed by atoms with Gasteiger partial charge in [0.1, 0.15) is 0 Å². The van der Waals surface area contributed by atoms with Gasteiger partial charge in [-0.05, 0) is 25.8 Å². The monoisotopic (exact) mass is 213 g/mol. The lowest BCUT2D eigenvalue weighted by molar-refractivity contribution is -0.137. The number of aliphatic carboxylic acids is 1. The molecular formula is C12H23NO2. The lowest BCUT2D eigenvalue weighted by Crippen LogP contribution is -2.30. The molecule has 88 valence electrons. The van der Waals surface area contributed by atoms with Gasteiger partial charge in [0.05, 0.1) is 6.42 Å². The third kappa shape index (κ3) is 5.78. The van der Waals surface area contributed by atoms with E-state index in [2.05, 4.69) is 5.32 Å². The van der Waals surface area contributed by atoms with Crippen LogP contribution in [0.15, 0.2) is 0 Å². The van der Waals surface area contributed by atoms with Gasteiger partial charge in [0, 0.05) is 6.04 Å². The van der Waals surface area contributed by atoms with Gasteiger partial charge in [0.25, 0.3) is 0 Å². The first-order valence-corrected chi connectivity index (χ1v) is 6.13. The molecule has 0 aliphatic heterocycles. The van der Waals surface area contributed by atoms with Crippen molar-refractivity contribution in [3.8, 4) is 0 Å². The predicted molar refractivity (Wildman–Crippen MR) is 60.9 cm³/mol. The molecule has 0 amide bonds. The van der Waals surface area contributed by atoms with Gasteiger partial charge >= 0.3 is 5.97 Å². The molecule has 0 aromatic carbocycles. The maximum atomic E-state index is 10.4. The minimum Gasteiger partial charge on any atom is -0.481 e. The van der Waals surface area contributed by atoms with E-state index >= 15 is 0 Å². The first kappa shape index (κ1) is 12.5. The summed E-state index contributed by atoms with van der Waals surface area (Å²) in [6.07, 6.45) is 8.35. The third-order valence-corrected chi connectivity index (χ3v) is 3.25. The SMILES string of the molecule is CC(CC(=O)O)NCCC1CCCCC1. The molecule has 3 heteroatoms. The van der Waals surface area contributed by atoms with E-state index in [-0.39, 0.29) is 12.5 Å². The molecule has 1 unspecified atom stereocenters. The Labute approximate surface area is 92.3 Å².